The van der Waals surface area contributed by atoms with E-state index in [0.29, 0.717) is 17.1 Å². The third-order valence-corrected chi connectivity index (χ3v) is 3.58. The lowest BCUT2D eigenvalue weighted by atomic mass is 10.2. The number of nitrogens with one attached hydrogen (secondary N) is 1. The first-order valence-corrected chi connectivity index (χ1v) is 7.25. The van der Waals surface area contributed by atoms with Crippen LogP contribution in [0.25, 0.3) is 11.1 Å². The maximum absolute atomic E-state index is 12.4. The van der Waals surface area contributed by atoms with Crippen molar-refractivity contribution in [2.45, 2.75) is 20.4 Å². The van der Waals surface area contributed by atoms with Crippen molar-refractivity contribution < 1.29 is 14.1 Å². The van der Waals surface area contributed by atoms with E-state index in [2.05, 4.69) is 15.5 Å². The fourth-order valence-electron chi connectivity index (χ4n) is 2.39. The predicted octanol–water partition coefficient (Wildman–Crippen LogP) is 1.65. The number of hydrogen-bond acceptors (Lipinski definition) is 6. The minimum absolute atomic E-state index is 0.162. The van der Waals surface area contributed by atoms with Crippen LogP contribution in [-0.2, 0) is 11.3 Å². The van der Waals surface area contributed by atoms with Gasteiger partial charge in [-0.3, -0.25) is 14.2 Å². The Morgan fingerprint density at radius 1 is 1.38 bits per heavy atom. The maximum Gasteiger partial charge on any atom is 0.267 e. The van der Waals surface area contributed by atoms with E-state index in [4.69, 9.17) is 9.26 Å². The first kappa shape index (κ1) is 15.7. The fourth-order valence-corrected chi connectivity index (χ4v) is 2.39. The molecule has 0 aliphatic carbocycles. The van der Waals surface area contributed by atoms with E-state index in [9.17, 15) is 9.59 Å². The number of aryl methyl sites for hydroxylation is 2. The van der Waals surface area contributed by atoms with Crippen LogP contribution in [0.4, 0.5) is 5.69 Å². The molecule has 0 saturated heterocycles. The van der Waals surface area contributed by atoms with Crippen LogP contribution in [0.2, 0.25) is 0 Å². The molecule has 0 atom stereocenters. The van der Waals surface area contributed by atoms with Crippen LogP contribution in [-0.4, -0.2) is 27.7 Å². The average Bonchev–Trinajstić information content (AvgIpc) is 2.92. The molecule has 2 aromatic heterocycles. The molecule has 3 aromatic rings. The normalized spacial score (nSPS) is 10.8. The Morgan fingerprint density at radius 3 is 2.92 bits per heavy atom. The second kappa shape index (κ2) is 6.15. The van der Waals surface area contributed by atoms with E-state index in [1.54, 1.807) is 19.1 Å². The zero-order valence-corrected chi connectivity index (χ0v) is 13.5. The summed E-state index contributed by atoms with van der Waals surface area (Å²) in [6.45, 7) is 3.38. The molecular formula is C16H16N4O4. The van der Waals surface area contributed by atoms with Gasteiger partial charge in [0.1, 0.15) is 24.0 Å². The molecule has 0 fully saturated rings. The van der Waals surface area contributed by atoms with Crippen molar-refractivity contribution in [2.24, 2.45) is 0 Å². The summed E-state index contributed by atoms with van der Waals surface area (Å²) in [6, 6.07) is 5.45. The Kier molecular flexibility index (Phi) is 4.03. The Labute approximate surface area is 137 Å². The van der Waals surface area contributed by atoms with Crippen LogP contribution < -0.4 is 15.6 Å². The number of carbonyl (C=O) groups excluding carboxylic acids is 1. The molecule has 0 spiro atoms. The van der Waals surface area contributed by atoms with Crippen molar-refractivity contribution in [1.29, 1.82) is 0 Å². The quantitative estimate of drug-likeness (QED) is 0.782. The van der Waals surface area contributed by atoms with Crippen LogP contribution in [0.5, 0.6) is 5.75 Å². The number of rotatable bonds is 4. The van der Waals surface area contributed by atoms with E-state index in [-0.39, 0.29) is 29.1 Å². The third kappa shape index (κ3) is 2.85. The SMILES string of the molecule is COc1ccc(C)cc1NC(=O)Cn1cnc2onc(C)c2c1=O. The van der Waals surface area contributed by atoms with Crippen molar-refractivity contribution >= 4 is 22.7 Å². The topological polar surface area (TPSA) is 99.2 Å². The van der Waals surface area contributed by atoms with Crippen molar-refractivity contribution in [2.75, 3.05) is 12.4 Å². The summed E-state index contributed by atoms with van der Waals surface area (Å²) in [5, 5.41) is 6.73. The molecule has 0 saturated carbocycles. The summed E-state index contributed by atoms with van der Waals surface area (Å²) in [7, 11) is 1.53. The smallest absolute Gasteiger partial charge is 0.267 e. The molecule has 0 aliphatic heterocycles. The highest BCUT2D eigenvalue weighted by atomic mass is 16.5. The molecule has 124 valence electrons. The monoisotopic (exact) mass is 328 g/mol. The molecule has 1 aromatic carbocycles. The molecule has 0 bridgehead atoms. The van der Waals surface area contributed by atoms with Crippen molar-refractivity contribution in [3.8, 4) is 5.75 Å². The van der Waals surface area contributed by atoms with Crippen LogP contribution >= 0.6 is 0 Å². The van der Waals surface area contributed by atoms with E-state index >= 15 is 0 Å². The van der Waals surface area contributed by atoms with Gasteiger partial charge in [0.05, 0.1) is 18.5 Å². The Morgan fingerprint density at radius 2 is 2.17 bits per heavy atom. The number of ether oxygens (including phenoxy) is 1. The van der Waals surface area contributed by atoms with Crippen LogP contribution in [0.15, 0.2) is 33.8 Å². The van der Waals surface area contributed by atoms with Crippen LogP contribution in [0.1, 0.15) is 11.3 Å². The highest BCUT2D eigenvalue weighted by molar-refractivity contribution is 5.92. The van der Waals surface area contributed by atoms with Gasteiger partial charge in [0.15, 0.2) is 0 Å². The lowest BCUT2D eigenvalue weighted by Crippen LogP contribution is -2.28. The average molecular weight is 328 g/mol. The lowest BCUT2D eigenvalue weighted by molar-refractivity contribution is -0.116. The fraction of sp³-hybridized carbons (Fsp3) is 0.250. The zero-order valence-electron chi connectivity index (χ0n) is 13.5. The molecule has 0 unspecified atom stereocenters. The molecule has 2 heterocycles. The molecule has 0 radical (unpaired) electrons. The molecule has 8 nitrogen and oxygen atoms in total. The number of methoxy groups -OCH3 is 1. The molecule has 1 amide bonds. The first-order chi connectivity index (χ1) is 11.5. The predicted molar refractivity (Wildman–Crippen MR) is 87.2 cm³/mol. The molecular weight excluding hydrogens is 312 g/mol. The van der Waals surface area contributed by atoms with E-state index in [1.165, 1.54) is 18.0 Å². The van der Waals surface area contributed by atoms with E-state index in [0.717, 1.165) is 5.56 Å². The van der Waals surface area contributed by atoms with E-state index < -0.39 is 0 Å². The van der Waals surface area contributed by atoms with Gasteiger partial charge in [-0.05, 0) is 31.5 Å². The van der Waals surface area contributed by atoms with Gasteiger partial charge >= 0.3 is 0 Å². The third-order valence-electron chi connectivity index (χ3n) is 3.58. The van der Waals surface area contributed by atoms with Crippen LogP contribution in [0, 0.1) is 13.8 Å². The largest absolute Gasteiger partial charge is 0.495 e. The minimum Gasteiger partial charge on any atom is -0.495 e. The molecule has 24 heavy (non-hydrogen) atoms. The molecule has 0 aliphatic rings. The van der Waals surface area contributed by atoms with Gasteiger partial charge in [-0.1, -0.05) is 11.2 Å². The van der Waals surface area contributed by atoms with Crippen molar-refractivity contribution in [3.05, 3.63) is 46.1 Å². The number of fused-ring (bicyclic) bond motifs is 1. The number of hydrogen-bond donors (Lipinski definition) is 1. The van der Waals surface area contributed by atoms with Crippen molar-refractivity contribution in [3.63, 3.8) is 0 Å². The summed E-state index contributed by atoms with van der Waals surface area (Å²) in [6.07, 6.45) is 1.27. The standard InChI is InChI=1S/C16H16N4O4/c1-9-4-5-12(23-3)11(6-9)18-13(21)7-20-8-17-15-14(16(20)22)10(2)19-24-15/h4-6,8H,7H2,1-3H3,(H,18,21). The zero-order chi connectivity index (χ0) is 17.3. The second-order valence-corrected chi connectivity index (χ2v) is 5.38. The summed E-state index contributed by atoms with van der Waals surface area (Å²) >= 11 is 0. The highest BCUT2D eigenvalue weighted by Crippen LogP contribution is 2.25. The molecule has 3 rings (SSSR count). The van der Waals surface area contributed by atoms with Gasteiger partial charge in [0.2, 0.25) is 5.91 Å². The van der Waals surface area contributed by atoms with Gasteiger partial charge in [-0.25, -0.2) is 4.98 Å². The van der Waals surface area contributed by atoms with Gasteiger partial charge in [-0.2, -0.15) is 0 Å². The number of amides is 1. The summed E-state index contributed by atoms with van der Waals surface area (Å²) in [5.74, 6) is 0.181. The second-order valence-electron chi connectivity index (χ2n) is 5.38. The van der Waals surface area contributed by atoms with Gasteiger partial charge in [0.25, 0.3) is 11.3 Å². The summed E-state index contributed by atoms with van der Waals surface area (Å²) in [4.78, 5) is 28.7. The molecule has 1 N–H and O–H groups in total. The maximum atomic E-state index is 12.4. The Bertz CT molecular complexity index is 974. The van der Waals surface area contributed by atoms with E-state index in [1.807, 2.05) is 13.0 Å². The Balaban J connectivity index is 1.86. The molecule has 8 heteroatoms. The minimum atomic E-state index is -0.370. The Hall–Kier alpha value is -3.16. The number of anilines is 1. The van der Waals surface area contributed by atoms with Gasteiger partial charge < -0.3 is 14.6 Å². The summed E-state index contributed by atoms with van der Waals surface area (Å²) in [5.41, 5.74) is 1.76. The number of nitrogens with zero attached hydrogens (tertiary/aromatic N) is 3. The van der Waals surface area contributed by atoms with Crippen molar-refractivity contribution in [1.82, 2.24) is 14.7 Å². The van der Waals surface area contributed by atoms with Crippen LogP contribution in [0.3, 0.4) is 0 Å². The lowest BCUT2D eigenvalue weighted by Gasteiger charge is -2.11. The number of benzene rings is 1. The first-order valence-electron chi connectivity index (χ1n) is 7.25. The number of carbonyl (C=O) groups is 1. The van der Waals surface area contributed by atoms with Gasteiger partial charge in [0, 0.05) is 0 Å². The van der Waals surface area contributed by atoms with Gasteiger partial charge in [-0.15, -0.1) is 0 Å². The highest BCUT2D eigenvalue weighted by Gasteiger charge is 2.14. The number of aromatic nitrogens is 3. The summed E-state index contributed by atoms with van der Waals surface area (Å²) < 4.78 is 11.4.